The second-order valence-electron chi connectivity index (χ2n) is 10.2. The predicted molar refractivity (Wildman–Crippen MR) is 124 cm³/mol. The zero-order valence-corrected chi connectivity index (χ0v) is 21.1. The summed E-state index contributed by atoms with van der Waals surface area (Å²) in [4.78, 5) is 15.5. The van der Waals surface area contributed by atoms with E-state index in [4.69, 9.17) is 27.6 Å². The van der Waals surface area contributed by atoms with Crippen LogP contribution >= 0.6 is 23.2 Å². The van der Waals surface area contributed by atoms with Crippen LogP contribution in [0.2, 0.25) is 23.1 Å². The molecule has 1 unspecified atom stereocenters. The van der Waals surface area contributed by atoms with Crippen LogP contribution in [0.25, 0.3) is 0 Å². The fourth-order valence-corrected chi connectivity index (χ4v) is 6.84. The maximum Gasteiger partial charge on any atom is 0.228 e. The van der Waals surface area contributed by atoms with Crippen LogP contribution in [0.5, 0.6) is 0 Å². The Morgan fingerprint density at radius 2 is 1.83 bits per heavy atom. The standard InChI is InChI=1S/C23H35Cl2NO2Si/c1-22(2,3)18-8-11-23(12-9-18,28-29(4)5)26-13-10-17(21(26)27)14-16-6-7-19(24)15-20(16)25/h6-7,15,17-18,29H,8-14H2,1-5H3/t17?,18-,23+. The van der Waals surface area contributed by atoms with Crippen molar-refractivity contribution in [1.29, 1.82) is 0 Å². The van der Waals surface area contributed by atoms with Gasteiger partial charge >= 0.3 is 0 Å². The van der Waals surface area contributed by atoms with Crippen LogP contribution in [0.15, 0.2) is 18.2 Å². The summed E-state index contributed by atoms with van der Waals surface area (Å²) in [6, 6.07) is 5.56. The third kappa shape index (κ3) is 5.20. The molecule has 6 heteroatoms. The molecule has 162 valence electrons. The lowest BCUT2D eigenvalue weighted by Crippen LogP contribution is -2.56. The Balaban J connectivity index is 1.75. The second kappa shape index (κ2) is 8.90. The van der Waals surface area contributed by atoms with Gasteiger partial charge in [-0.2, -0.15) is 0 Å². The monoisotopic (exact) mass is 455 g/mol. The minimum atomic E-state index is -1.29. The SMILES string of the molecule is C[SiH](C)O[C@]1(N2CCC(Cc3ccc(Cl)cc3Cl)C2=O)CC[C@H](C(C)(C)C)CC1. The van der Waals surface area contributed by atoms with Crippen LogP contribution in [-0.2, 0) is 15.6 Å². The van der Waals surface area contributed by atoms with Crippen molar-refractivity contribution >= 4 is 38.1 Å². The Labute approximate surface area is 187 Å². The molecule has 1 saturated heterocycles. The maximum atomic E-state index is 13.4. The van der Waals surface area contributed by atoms with Crippen molar-refractivity contribution in [2.45, 2.75) is 78.1 Å². The average Bonchev–Trinajstić information content (AvgIpc) is 2.97. The van der Waals surface area contributed by atoms with E-state index < -0.39 is 14.8 Å². The molecule has 3 nitrogen and oxygen atoms in total. The first-order chi connectivity index (χ1) is 13.5. The number of halogens is 2. The zero-order valence-electron chi connectivity index (χ0n) is 18.4. The third-order valence-corrected chi connectivity index (χ3v) is 8.23. The molecule has 1 aromatic rings. The molecular formula is C23H35Cl2NO2Si. The summed E-state index contributed by atoms with van der Waals surface area (Å²) in [5.41, 5.74) is 0.920. The highest BCUT2D eigenvalue weighted by Crippen LogP contribution is 2.46. The summed E-state index contributed by atoms with van der Waals surface area (Å²) in [5.74, 6) is 0.901. The van der Waals surface area contributed by atoms with Crippen molar-refractivity contribution in [2.24, 2.45) is 17.3 Å². The summed E-state index contributed by atoms with van der Waals surface area (Å²) in [6.07, 6.45) is 5.71. The van der Waals surface area contributed by atoms with E-state index in [0.29, 0.717) is 27.8 Å². The van der Waals surface area contributed by atoms with Crippen molar-refractivity contribution < 1.29 is 9.22 Å². The molecule has 2 aliphatic rings. The third-order valence-electron chi connectivity index (χ3n) is 6.74. The lowest BCUT2D eigenvalue weighted by molar-refractivity contribution is -0.160. The van der Waals surface area contributed by atoms with Crippen molar-refractivity contribution in [3.8, 4) is 0 Å². The lowest BCUT2D eigenvalue weighted by Gasteiger charge is -2.49. The Morgan fingerprint density at radius 1 is 1.17 bits per heavy atom. The van der Waals surface area contributed by atoms with Gasteiger partial charge in [-0.1, -0.05) is 50.0 Å². The predicted octanol–water partition coefficient (Wildman–Crippen LogP) is 6.32. The van der Waals surface area contributed by atoms with E-state index in [1.807, 2.05) is 12.1 Å². The quantitative estimate of drug-likeness (QED) is 0.486. The van der Waals surface area contributed by atoms with Crippen LogP contribution in [-0.4, -0.2) is 32.1 Å². The Morgan fingerprint density at radius 3 is 2.38 bits per heavy atom. The molecule has 0 radical (unpaired) electrons. The van der Waals surface area contributed by atoms with Gasteiger partial charge in [0, 0.05) is 22.5 Å². The van der Waals surface area contributed by atoms with E-state index >= 15 is 0 Å². The molecule has 1 aliphatic heterocycles. The minimum absolute atomic E-state index is 0.0247. The summed E-state index contributed by atoms with van der Waals surface area (Å²) < 4.78 is 6.63. The number of likely N-dealkylation sites (tertiary alicyclic amines) is 1. The van der Waals surface area contributed by atoms with Gasteiger partial charge in [-0.25, -0.2) is 0 Å². The summed E-state index contributed by atoms with van der Waals surface area (Å²) in [5, 5.41) is 1.28. The molecule has 1 saturated carbocycles. The fourth-order valence-electron chi connectivity index (χ4n) is 5.11. The number of hydrogen-bond donors (Lipinski definition) is 0. The molecule has 0 bridgehead atoms. The van der Waals surface area contributed by atoms with Gasteiger partial charge in [-0.05, 0) is 80.6 Å². The highest BCUT2D eigenvalue weighted by Gasteiger charge is 2.49. The topological polar surface area (TPSA) is 29.5 Å². The Hall–Kier alpha value is -0.553. The molecule has 1 heterocycles. The van der Waals surface area contributed by atoms with Gasteiger partial charge in [0.15, 0.2) is 9.04 Å². The van der Waals surface area contributed by atoms with Gasteiger partial charge in [-0.3, -0.25) is 4.79 Å². The Bertz CT molecular complexity index is 739. The van der Waals surface area contributed by atoms with E-state index in [1.165, 1.54) is 0 Å². The van der Waals surface area contributed by atoms with Crippen molar-refractivity contribution in [1.82, 2.24) is 4.90 Å². The largest absolute Gasteiger partial charge is 0.398 e. The average molecular weight is 457 g/mol. The molecule has 1 amide bonds. The first-order valence-electron chi connectivity index (χ1n) is 10.9. The molecule has 0 N–H and O–H groups in total. The summed E-state index contributed by atoms with van der Waals surface area (Å²) in [6.45, 7) is 12.2. The molecular weight excluding hydrogens is 421 g/mol. The Kier molecular flexibility index (Phi) is 7.09. The number of carbonyl (C=O) groups excluding carboxylic acids is 1. The number of hydrogen-bond acceptors (Lipinski definition) is 2. The highest BCUT2D eigenvalue weighted by atomic mass is 35.5. The van der Waals surface area contributed by atoms with Crippen LogP contribution in [0, 0.1) is 17.3 Å². The van der Waals surface area contributed by atoms with Crippen LogP contribution in [0.1, 0.15) is 58.4 Å². The first-order valence-corrected chi connectivity index (χ1v) is 14.5. The van der Waals surface area contributed by atoms with E-state index in [9.17, 15) is 4.79 Å². The van der Waals surface area contributed by atoms with Crippen molar-refractivity contribution in [3.05, 3.63) is 33.8 Å². The van der Waals surface area contributed by atoms with Gasteiger partial charge in [0.25, 0.3) is 0 Å². The summed E-state index contributed by atoms with van der Waals surface area (Å²) in [7, 11) is -1.29. The minimum Gasteiger partial charge on any atom is -0.398 e. The molecule has 29 heavy (non-hydrogen) atoms. The fraction of sp³-hybridized carbons (Fsp3) is 0.696. The van der Waals surface area contributed by atoms with Gasteiger partial charge in [0.1, 0.15) is 5.72 Å². The number of nitrogens with zero attached hydrogens (tertiary/aromatic N) is 1. The molecule has 1 aromatic carbocycles. The molecule has 2 fully saturated rings. The molecule has 0 spiro atoms. The highest BCUT2D eigenvalue weighted by molar-refractivity contribution is 6.48. The molecule has 1 atom stereocenters. The van der Waals surface area contributed by atoms with Crippen LogP contribution < -0.4 is 0 Å². The maximum absolute atomic E-state index is 13.4. The van der Waals surface area contributed by atoms with E-state index in [1.54, 1.807) is 6.07 Å². The molecule has 3 rings (SSSR count). The van der Waals surface area contributed by atoms with Crippen molar-refractivity contribution in [2.75, 3.05) is 6.54 Å². The van der Waals surface area contributed by atoms with E-state index in [2.05, 4.69) is 38.8 Å². The zero-order chi connectivity index (χ0) is 21.4. The van der Waals surface area contributed by atoms with Gasteiger partial charge in [0.2, 0.25) is 5.91 Å². The number of carbonyl (C=O) groups is 1. The van der Waals surface area contributed by atoms with E-state index in [0.717, 1.165) is 44.2 Å². The van der Waals surface area contributed by atoms with Gasteiger partial charge in [0.05, 0.1) is 0 Å². The van der Waals surface area contributed by atoms with E-state index in [-0.39, 0.29) is 11.8 Å². The first kappa shape index (κ1) is 23.1. The summed E-state index contributed by atoms with van der Waals surface area (Å²) >= 11 is 12.4. The van der Waals surface area contributed by atoms with Gasteiger partial charge < -0.3 is 9.33 Å². The van der Waals surface area contributed by atoms with Gasteiger partial charge in [-0.15, -0.1) is 0 Å². The van der Waals surface area contributed by atoms with Crippen molar-refractivity contribution in [3.63, 3.8) is 0 Å². The van der Waals surface area contributed by atoms with Crippen LogP contribution in [0.4, 0.5) is 0 Å². The number of benzene rings is 1. The normalized spacial score (nSPS) is 28.4. The number of amides is 1. The number of rotatable bonds is 5. The smallest absolute Gasteiger partial charge is 0.228 e. The lowest BCUT2D eigenvalue weighted by atomic mass is 9.70. The molecule has 1 aliphatic carbocycles. The second-order valence-corrected chi connectivity index (χ2v) is 13.3. The molecule has 0 aromatic heterocycles. The van der Waals surface area contributed by atoms with Crippen LogP contribution in [0.3, 0.4) is 0 Å².